The fourth-order valence-electron chi connectivity index (χ4n) is 1.71. The minimum atomic E-state index is -0.152. The SMILES string of the molecule is CC1(C)C=C(c2ccccc2)OC(=O)C1. The molecule has 0 aromatic heterocycles. The summed E-state index contributed by atoms with van der Waals surface area (Å²) in [4.78, 5) is 11.4. The molecule has 0 aliphatic carbocycles. The summed E-state index contributed by atoms with van der Waals surface area (Å²) in [6.07, 6.45) is 2.47. The molecule has 15 heavy (non-hydrogen) atoms. The largest absolute Gasteiger partial charge is 0.426 e. The van der Waals surface area contributed by atoms with Crippen LogP contribution in [0.15, 0.2) is 36.4 Å². The summed E-state index contributed by atoms with van der Waals surface area (Å²) >= 11 is 0. The zero-order valence-electron chi connectivity index (χ0n) is 8.99. The minimum Gasteiger partial charge on any atom is -0.426 e. The standard InChI is InChI=1S/C13H14O2/c1-13(2)8-11(15-12(14)9-13)10-6-4-3-5-7-10/h3-8H,9H2,1-2H3. The van der Waals surface area contributed by atoms with Gasteiger partial charge in [0.15, 0.2) is 0 Å². The van der Waals surface area contributed by atoms with Crippen LogP contribution in [0.4, 0.5) is 0 Å². The Labute approximate surface area is 89.6 Å². The van der Waals surface area contributed by atoms with Gasteiger partial charge in [0.1, 0.15) is 5.76 Å². The first-order valence-corrected chi connectivity index (χ1v) is 5.06. The van der Waals surface area contributed by atoms with E-state index in [4.69, 9.17) is 4.74 Å². The first-order valence-electron chi connectivity index (χ1n) is 5.06. The van der Waals surface area contributed by atoms with Crippen LogP contribution in [0, 0.1) is 5.41 Å². The van der Waals surface area contributed by atoms with Crippen LogP contribution >= 0.6 is 0 Å². The Hall–Kier alpha value is -1.57. The lowest BCUT2D eigenvalue weighted by atomic mass is 9.86. The Kier molecular flexibility index (Phi) is 2.35. The van der Waals surface area contributed by atoms with Gasteiger partial charge in [-0.2, -0.15) is 0 Å². The van der Waals surface area contributed by atoms with Crippen molar-refractivity contribution in [3.63, 3.8) is 0 Å². The molecule has 0 spiro atoms. The Balaban J connectivity index is 2.38. The van der Waals surface area contributed by atoms with Crippen LogP contribution in [-0.4, -0.2) is 5.97 Å². The van der Waals surface area contributed by atoms with E-state index >= 15 is 0 Å². The van der Waals surface area contributed by atoms with Gasteiger partial charge in [0.25, 0.3) is 0 Å². The van der Waals surface area contributed by atoms with Crippen LogP contribution in [0.3, 0.4) is 0 Å². The highest BCUT2D eigenvalue weighted by Crippen LogP contribution is 2.33. The molecule has 0 N–H and O–H groups in total. The maximum absolute atomic E-state index is 11.4. The molecule has 2 heteroatoms. The monoisotopic (exact) mass is 202 g/mol. The van der Waals surface area contributed by atoms with Crippen molar-refractivity contribution in [3.05, 3.63) is 42.0 Å². The first-order chi connectivity index (χ1) is 7.07. The van der Waals surface area contributed by atoms with Gasteiger partial charge in [0.05, 0.1) is 6.42 Å². The number of hydrogen-bond donors (Lipinski definition) is 0. The number of esters is 1. The van der Waals surface area contributed by atoms with Crippen LogP contribution in [0.2, 0.25) is 0 Å². The number of allylic oxidation sites excluding steroid dienone is 1. The van der Waals surface area contributed by atoms with Gasteiger partial charge >= 0.3 is 5.97 Å². The summed E-state index contributed by atoms with van der Waals surface area (Å²) in [5.74, 6) is 0.526. The van der Waals surface area contributed by atoms with Crippen LogP contribution < -0.4 is 0 Å². The van der Waals surface area contributed by atoms with Crippen molar-refractivity contribution in [2.45, 2.75) is 20.3 Å². The lowest BCUT2D eigenvalue weighted by Gasteiger charge is -2.26. The van der Waals surface area contributed by atoms with Gasteiger partial charge in [-0.15, -0.1) is 0 Å². The third-order valence-corrected chi connectivity index (χ3v) is 2.40. The average molecular weight is 202 g/mol. The minimum absolute atomic E-state index is 0.111. The molecule has 1 aromatic rings. The molecule has 78 valence electrons. The van der Waals surface area contributed by atoms with Gasteiger partial charge in [-0.25, -0.2) is 0 Å². The Morgan fingerprint density at radius 2 is 1.87 bits per heavy atom. The van der Waals surface area contributed by atoms with Gasteiger partial charge in [0, 0.05) is 5.56 Å². The topological polar surface area (TPSA) is 26.3 Å². The normalized spacial score (nSPS) is 19.3. The number of hydrogen-bond acceptors (Lipinski definition) is 2. The summed E-state index contributed by atoms with van der Waals surface area (Å²) in [6, 6.07) is 9.71. The zero-order chi connectivity index (χ0) is 10.9. The molecule has 0 saturated heterocycles. The van der Waals surface area contributed by atoms with Crippen molar-refractivity contribution in [2.24, 2.45) is 5.41 Å². The quantitative estimate of drug-likeness (QED) is 0.654. The highest BCUT2D eigenvalue weighted by atomic mass is 16.5. The number of cyclic esters (lactones) is 1. The molecule has 2 nitrogen and oxygen atoms in total. The van der Waals surface area contributed by atoms with Crippen LogP contribution in [0.1, 0.15) is 25.8 Å². The van der Waals surface area contributed by atoms with Gasteiger partial charge < -0.3 is 4.74 Å². The van der Waals surface area contributed by atoms with E-state index in [2.05, 4.69) is 0 Å². The second-order valence-electron chi connectivity index (χ2n) is 4.51. The molecular formula is C13H14O2. The van der Waals surface area contributed by atoms with E-state index in [1.165, 1.54) is 0 Å². The van der Waals surface area contributed by atoms with Crippen molar-refractivity contribution in [2.75, 3.05) is 0 Å². The first kappa shape index (κ1) is 9.97. The number of ether oxygens (including phenoxy) is 1. The lowest BCUT2D eigenvalue weighted by Crippen LogP contribution is -2.22. The fraction of sp³-hybridized carbons (Fsp3) is 0.308. The molecule has 0 fully saturated rings. The third kappa shape index (κ3) is 2.27. The highest BCUT2D eigenvalue weighted by Gasteiger charge is 2.28. The molecule has 1 aliphatic rings. The van der Waals surface area contributed by atoms with Gasteiger partial charge in [-0.3, -0.25) is 4.79 Å². The predicted molar refractivity (Wildman–Crippen MR) is 58.9 cm³/mol. The van der Waals surface area contributed by atoms with Gasteiger partial charge in [-0.05, 0) is 11.5 Å². The highest BCUT2D eigenvalue weighted by molar-refractivity contribution is 5.81. The van der Waals surface area contributed by atoms with E-state index in [-0.39, 0.29) is 11.4 Å². The second-order valence-corrected chi connectivity index (χ2v) is 4.51. The van der Waals surface area contributed by atoms with E-state index in [0.29, 0.717) is 12.2 Å². The molecule has 0 bridgehead atoms. The molecular weight excluding hydrogens is 188 g/mol. The van der Waals surface area contributed by atoms with E-state index < -0.39 is 0 Å². The van der Waals surface area contributed by atoms with Crippen LogP contribution in [0.25, 0.3) is 5.76 Å². The number of benzene rings is 1. The van der Waals surface area contributed by atoms with Crippen molar-refractivity contribution >= 4 is 11.7 Å². The Bertz CT molecular complexity index is 402. The summed E-state index contributed by atoms with van der Waals surface area (Å²) in [6.45, 7) is 4.08. The van der Waals surface area contributed by atoms with Gasteiger partial charge in [-0.1, -0.05) is 44.2 Å². The Morgan fingerprint density at radius 1 is 1.20 bits per heavy atom. The molecule has 0 radical (unpaired) electrons. The summed E-state index contributed by atoms with van der Waals surface area (Å²) in [5.41, 5.74) is 0.846. The summed E-state index contributed by atoms with van der Waals surface area (Å²) in [5, 5.41) is 0. The van der Waals surface area contributed by atoms with Crippen LogP contribution in [0.5, 0.6) is 0 Å². The van der Waals surface area contributed by atoms with E-state index in [0.717, 1.165) is 5.56 Å². The smallest absolute Gasteiger partial charge is 0.312 e. The molecule has 1 heterocycles. The third-order valence-electron chi connectivity index (χ3n) is 2.40. The van der Waals surface area contributed by atoms with Crippen molar-refractivity contribution in [3.8, 4) is 0 Å². The predicted octanol–water partition coefficient (Wildman–Crippen LogP) is 3.00. The lowest BCUT2D eigenvalue weighted by molar-refractivity contribution is -0.139. The van der Waals surface area contributed by atoms with E-state index in [1.807, 2.05) is 50.3 Å². The molecule has 2 rings (SSSR count). The zero-order valence-corrected chi connectivity index (χ0v) is 8.99. The van der Waals surface area contributed by atoms with Crippen molar-refractivity contribution < 1.29 is 9.53 Å². The molecule has 1 aliphatic heterocycles. The van der Waals surface area contributed by atoms with Crippen molar-refractivity contribution in [1.82, 2.24) is 0 Å². The number of rotatable bonds is 1. The van der Waals surface area contributed by atoms with Crippen LogP contribution in [-0.2, 0) is 9.53 Å². The number of carbonyl (C=O) groups excluding carboxylic acids is 1. The van der Waals surface area contributed by atoms with Crippen molar-refractivity contribution in [1.29, 1.82) is 0 Å². The maximum atomic E-state index is 11.4. The molecule has 1 aromatic carbocycles. The summed E-state index contributed by atoms with van der Waals surface area (Å²) in [7, 11) is 0. The molecule has 0 amide bonds. The Morgan fingerprint density at radius 3 is 2.47 bits per heavy atom. The number of carbonyl (C=O) groups is 1. The molecule has 0 unspecified atom stereocenters. The molecule has 0 atom stereocenters. The average Bonchev–Trinajstić information content (AvgIpc) is 2.16. The fourth-order valence-corrected chi connectivity index (χ4v) is 1.71. The maximum Gasteiger partial charge on any atom is 0.312 e. The van der Waals surface area contributed by atoms with Gasteiger partial charge in [0.2, 0.25) is 0 Å². The summed E-state index contributed by atoms with van der Waals surface area (Å²) < 4.78 is 5.23. The second kappa shape index (κ2) is 3.54. The van der Waals surface area contributed by atoms with E-state index in [9.17, 15) is 4.79 Å². The molecule has 0 saturated carbocycles. The van der Waals surface area contributed by atoms with E-state index in [1.54, 1.807) is 0 Å².